The number of phosphoric ester groups is 1. The van der Waals surface area contributed by atoms with Gasteiger partial charge in [0.15, 0.2) is 0 Å². The van der Waals surface area contributed by atoms with Crippen molar-refractivity contribution in [3.8, 4) is 0 Å². The van der Waals surface area contributed by atoms with Crippen molar-refractivity contribution >= 4 is 19.4 Å². The van der Waals surface area contributed by atoms with E-state index in [9.17, 15) is 9.36 Å². The number of amides is 1. The number of anilines is 1. The maximum absolute atomic E-state index is 12.4. The molecule has 0 saturated carbocycles. The third-order valence-electron chi connectivity index (χ3n) is 4.08. The smallest absolute Gasteiger partial charge is 0.326 e. The molecule has 0 aromatic heterocycles. The van der Waals surface area contributed by atoms with Crippen molar-refractivity contribution in [2.75, 3.05) is 25.1 Å². The van der Waals surface area contributed by atoms with E-state index in [-0.39, 0.29) is 31.6 Å². The molecule has 0 radical (unpaired) electrons. The molecule has 0 aliphatic rings. The van der Waals surface area contributed by atoms with Crippen LogP contribution in [0.2, 0.25) is 0 Å². The molecule has 0 atom stereocenters. The van der Waals surface area contributed by atoms with Crippen molar-refractivity contribution in [3.05, 3.63) is 29.8 Å². The van der Waals surface area contributed by atoms with Gasteiger partial charge in [0, 0.05) is 11.6 Å². The van der Waals surface area contributed by atoms with E-state index in [1.54, 1.807) is 13.8 Å². The summed E-state index contributed by atoms with van der Waals surface area (Å²) in [5.74, 6) is 0.156. The van der Waals surface area contributed by atoms with E-state index in [4.69, 9.17) is 13.6 Å². The fourth-order valence-corrected chi connectivity index (χ4v) is 3.98. The predicted octanol–water partition coefficient (Wildman–Crippen LogP) is 5.58. The Hall–Kier alpha value is -1.20. The molecule has 0 saturated heterocycles. The quantitative estimate of drug-likeness (QED) is 0.413. The van der Waals surface area contributed by atoms with Gasteiger partial charge in [0.1, 0.15) is 0 Å². The summed E-state index contributed by atoms with van der Waals surface area (Å²) in [5, 5.41) is 3.00. The Balaban J connectivity index is 2.53. The number of phosphoric acid groups is 1. The topological polar surface area (TPSA) is 73.9 Å². The third kappa shape index (κ3) is 9.02. The molecule has 1 aromatic rings. The fraction of sp³-hybridized carbons (Fsp3) is 0.650. The van der Waals surface area contributed by atoms with Gasteiger partial charge in [-0.2, -0.15) is 0 Å². The summed E-state index contributed by atoms with van der Waals surface area (Å²) in [6, 6.07) is 7.62. The largest absolute Gasteiger partial charge is 0.474 e. The Labute approximate surface area is 163 Å². The summed E-state index contributed by atoms with van der Waals surface area (Å²) in [6.45, 7) is 8.45. The number of hydrogen-bond donors (Lipinski definition) is 1. The molecule has 1 amide bonds. The van der Waals surface area contributed by atoms with E-state index < -0.39 is 7.82 Å². The number of hydrogen-bond acceptors (Lipinski definition) is 5. The Morgan fingerprint density at radius 2 is 1.52 bits per heavy atom. The Kier molecular flexibility index (Phi) is 11.5. The zero-order valence-corrected chi connectivity index (χ0v) is 17.9. The van der Waals surface area contributed by atoms with Crippen LogP contribution in [0, 0.1) is 5.92 Å². The van der Waals surface area contributed by atoms with Crippen LogP contribution in [0.5, 0.6) is 0 Å². The second-order valence-electron chi connectivity index (χ2n) is 6.33. The second kappa shape index (κ2) is 13.1. The standard InChI is InChI=1S/C20H34NO5P/c1-5-9-18(10-6-2)20(22)21-19-13-11-17(12-14-19)15-16-26-27(23,24-7-3)25-8-4/h11-14,18H,5-10,15-16H2,1-4H3,(H,21,22). The van der Waals surface area contributed by atoms with E-state index in [0.29, 0.717) is 6.42 Å². The van der Waals surface area contributed by atoms with Crippen molar-refractivity contribution in [2.45, 2.75) is 59.8 Å². The predicted molar refractivity (Wildman–Crippen MR) is 109 cm³/mol. The molecule has 0 unspecified atom stereocenters. The molecule has 1 rings (SSSR count). The van der Waals surface area contributed by atoms with E-state index in [0.717, 1.165) is 36.9 Å². The SMILES string of the molecule is CCCC(CCC)C(=O)Nc1ccc(CCOP(=O)(OCC)OCC)cc1. The molecule has 0 bridgehead atoms. The first-order valence-corrected chi connectivity index (χ1v) is 11.4. The lowest BCUT2D eigenvalue weighted by molar-refractivity contribution is -0.120. The molecule has 6 nitrogen and oxygen atoms in total. The van der Waals surface area contributed by atoms with Gasteiger partial charge < -0.3 is 5.32 Å². The lowest BCUT2D eigenvalue weighted by atomic mass is 9.97. The number of carbonyl (C=O) groups excluding carboxylic acids is 1. The van der Waals surface area contributed by atoms with E-state index in [1.807, 2.05) is 24.3 Å². The zero-order chi connectivity index (χ0) is 20.1. The molecule has 0 spiro atoms. The summed E-state index contributed by atoms with van der Waals surface area (Å²) in [4.78, 5) is 12.4. The second-order valence-corrected chi connectivity index (χ2v) is 8.00. The summed E-state index contributed by atoms with van der Waals surface area (Å²) in [5.41, 5.74) is 1.81. The van der Waals surface area contributed by atoms with Crippen LogP contribution in [-0.2, 0) is 29.4 Å². The molecule has 0 aliphatic heterocycles. The normalized spacial score (nSPS) is 11.7. The van der Waals surface area contributed by atoms with Crippen LogP contribution >= 0.6 is 7.82 Å². The van der Waals surface area contributed by atoms with Gasteiger partial charge in [0.05, 0.1) is 19.8 Å². The van der Waals surface area contributed by atoms with Crippen molar-refractivity contribution in [2.24, 2.45) is 5.92 Å². The van der Waals surface area contributed by atoms with Crippen molar-refractivity contribution < 1.29 is 22.9 Å². The molecule has 1 aromatic carbocycles. The highest BCUT2D eigenvalue weighted by molar-refractivity contribution is 7.48. The molecule has 1 N–H and O–H groups in total. The number of benzene rings is 1. The van der Waals surface area contributed by atoms with Gasteiger partial charge in [-0.3, -0.25) is 18.4 Å². The maximum atomic E-state index is 12.4. The lowest BCUT2D eigenvalue weighted by Crippen LogP contribution is -2.22. The maximum Gasteiger partial charge on any atom is 0.474 e. The third-order valence-corrected chi connectivity index (χ3v) is 5.73. The minimum Gasteiger partial charge on any atom is -0.326 e. The summed E-state index contributed by atoms with van der Waals surface area (Å²) in [6.07, 6.45) is 4.41. The molecule has 0 heterocycles. The molecular weight excluding hydrogens is 365 g/mol. The number of rotatable bonds is 14. The molecule has 0 aliphatic carbocycles. The summed E-state index contributed by atoms with van der Waals surface area (Å²) in [7, 11) is -3.47. The number of nitrogens with one attached hydrogen (secondary N) is 1. The Morgan fingerprint density at radius 3 is 2.00 bits per heavy atom. The van der Waals surface area contributed by atoms with Crippen LogP contribution in [-0.4, -0.2) is 25.7 Å². The van der Waals surface area contributed by atoms with E-state index in [1.165, 1.54) is 0 Å². The minimum absolute atomic E-state index is 0.0688. The van der Waals surface area contributed by atoms with Crippen LogP contribution < -0.4 is 5.32 Å². The van der Waals surface area contributed by atoms with Gasteiger partial charge in [0.25, 0.3) is 0 Å². The summed E-state index contributed by atoms with van der Waals surface area (Å²) >= 11 is 0. The van der Waals surface area contributed by atoms with Gasteiger partial charge in [-0.25, -0.2) is 4.57 Å². The Bertz CT molecular complexity index is 575. The first kappa shape index (κ1) is 23.8. The highest BCUT2D eigenvalue weighted by Crippen LogP contribution is 2.49. The fourth-order valence-electron chi connectivity index (χ4n) is 2.81. The lowest BCUT2D eigenvalue weighted by Gasteiger charge is -2.16. The molecule has 0 fully saturated rings. The monoisotopic (exact) mass is 399 g/mol. The molecule has 27 heavy (non-hydrogen) atoms. The molecular formula is C20H34NO5P. The van der Waals surface area contributed by atoms with Gasteiger partial charge in [-0.1, -0.05) is 38.8 Å². The van der Waals surface area contributed by atoms with Crippen LogP contribution in [0.25, 0.3) is 0 Å². The van der Waals surface area contributed by atoms with Crippen molar-refractivity contribution in [3.63, 3.8) is 0 Å². The number of carbonyl (C=O) groups is 1. The first-order chi connectivity index (χ1) is 13.0. The zero-order valence-electron chi connectivity index (χ0n) is 17.0. The van der Waals surface area contributed by atoms with Crippen LogP contribution in [0.4, 0.5) is 5.69 Å². The Morgan fingerprint density at radius 1 is 0.963 bits per heavy atom. The van der Waals surface area contributed by atoms with Gasteiger partial charge >= 0.3 is 7.82 Å². The van der Waals surface area contributed by atoms with Gasteiger partial charge in [-0.15, -0.1) is 0 Å². The average Bonchev–Trinajstić information content (AvgIpc) is 2.63. The average molecular weight is 399 g/mol. The summed E-state index contributed by atoms with van der Waals surface area (Å²) < 4.78 is 27.8. The van der Waals surface area contributed by atoms with E-state index in [2.05, 4.69) is 19.2 Å². The van der Waals surface area contributed by atoms with Crippen LogP contribution in [0.15, 0.2) is 24.3 Å². The molecule has 7 heteroatoms. The van der Waals surface area contributed by atoms with Crippen molar-refractivity contribution in [1.29, 1.82) is 0 Å². The highest BCUT2D eigenvalue weighted by atomic mass is 31.2. The van der Waals surface area contributed by atoms with Crippen LogP contribution in [0.3, 0.4) is 0 Å². The molecule has 154 valence electrons. The minimum atomic E-state index is -3.47. The van der Waals surface area contributed by atoms with Gasteiger partial charge in [-0.05, 0) is 50.8 Å². The van der Waals surface area contributed by atoms with Crippen LogP contribution in [0.1, 0.15) is 58.9 Å². The van der Waals surface area contributed by atoms with Crippen molar-refractivity contribution in [1.82, 2.24) is 0 Å². The first-order valence-electron chi connectivity index (χ1n) is 9.91. The van der Waals surface area contributed by atoms with Gasteiger partial charge in [0.2, 0.25) is 5.91 Å². The highest BCUT2D eigenvalue weighted by Gasteiger charge is 2.24. The van der Waals surface area contributed by atoms with E-state index >= 15 is 0 Å².